The number of aryl methyl sites for hydroxylation is 2. The average Bonchev–Trinajstić information content (AvgIpc) is 3.27. The Balaban J connectivity index is 1.72. The lowest BCUT2D eigenvalue weighted by molar-refractivity contribution is 0.181. The zero-order valence-corrected chi connectivity index (χ0v) is 18.3. The van der Waals surface area contributed by atoms with Crippen LogP contribution >= 0.6 is 0 Å². The van der Waals surface area contributed by atoms with Crippen molar-refractivity contribution in [1.82, 2.24) is 25.2 Å². The predicted molar refractivity (Wildman–Crippen MR) is 123 cm³/mol. The molecule has 4 aromatic rings. The topological polar surface area (TPSA) is 88.9 Å². The highest BCUT2D eigenvalue weighted by Crippen LogP contribution is 2.36. The fraction of sp³-hybridized carbons (Fsp3) is 0.333. The van der Waals surface area contributed by atoms with E-state index in [1.807, 2.05) is 37.3 Å². The number of nitrogens with one attached hydrogen (secondary N) is 1. The Bertz CT molecular complexity index is 1310. The fourth-order valence-electron chi connectivity index (χ4n) is 4.63. The third-order valence-corrected chi connectivity index (χ3v) is 6.18. The first kappa shape index (κ1) is 20.4. The predicted octanol–water partition coefficient (Wildman–Crippen LogP) is 3.01. The lowest BCUT2D eigenvalue weighted by atomic mass is 9.96. The van der Waals surface area contributed by atoms with E-state index in [4.69, 9.17) is 4.74 Å². The standard InChI is InChI=1S/C24H26N6O2/c1-16-7-5-9-18-15-19(24(31)25-21(16)18)22(23-26-27-28-30(23)13-14-32-2)29-12-6-10-17-8-3-4-11-20(17)29/h3-5,7-9,11,15,22H,6,10,12-14H2,1-2H3,(H,25,31). The van der Waals surface area contributed by atoms with E-state index in [9.17, 15) is 4.79 Å². The molecule has 8 nitrogen and oxygen atoms in total. The van der Waals surface area contributed by atoms with Crippen LogP contribution in [-0.4, -0.2) is 45.5 Å². The van der Waals surface area contributed by atoms with Crippen LogP contribution < -0.4 is 10.5 Å². The lowest BCUT2D eigenvalue weighted by Gasteiger charge is -2.37. The van der Waals surface area contributed by atoms with Crippen LogP contribution in [0.1, 0.15) is 35.0 Å². The van der Waals surface area contributed by atoms with Crippen molar-refractivity contribution in [2.45, 2.75) is 32.4 Å². The number of methoxy groups -OCH3 is 1. The Hall–Kier alpha value is -3.52. The third-order valence-electron chi connectivity index (χ3n) is 6.18. The first-order valence-corrected chi connectivity index (χ1v) is 10.9. The van der Waals surface area contributed by atoms with E-state index < -0.39 is 6.04 Å². The maximum Gasteiger partial charge on any atom is 0.254 e. The Morgan fingerprint density at radius 3 is 2.94 bits per heavy atom. The zero-order valence-electron chi connectivity index (χ0n) is 18.3. The SMILES string of the molecule is COCCn1nnnc1C(c1cc2cccc(C)c2[nH]c1=O)N1CCCc2ccccc21. The molecule has 2 aromatic heterocycles. The van der Waals surface area contributed by atoms with Crippen molar-refractivity contribution in [2.75, 3.05) is 25.2 Å². The molecule has 1 aliphatic rings. The molecule has 164 valence electrons. The highest BCUT2D eigenvalue weighted by Gasteiger charge is 2.33. The summed E-state index contributed by atoms with van der Waals surface area (Å²) in [5.74, 6) is 0.635. The average molecular weight is 431 g/mol. The second-order valence-corrected chi connectivity index (χ2v) is 8.17. The van der Waals surface area contributed by atoms with E-state index in [1.165, 1.54) is 5.56 Å². The molecule has 8 heteroatoms. The van der Waals surface area contributed by atoms with Gasteiger partial charge in [-0.25, -0.2) is 4.68 Å². The smallest absolute Gasteiger partial charge is 0.254 e. The molecule has 0 amide bonds. The maximum absolute atomic E-state index is 13.4. The van der Waals surface area contributed by atoms with Gasteiger partial charge in [0.2, 0.25) is 0 Å². The Morgan fingerprint density at radius 1 is 1.19 bits per heavy atom. The Morgan fingerprint density at radius 2 is 2.06 bits per heavy atom. The minimum atomic E-state index is -0.419. The molecule has 1 aliphatic heterocycles. The summed E-state index contributed by atoms with van der Waals surface area (Å²) in [5, 5.41) is 13.5. The fourth-order valence-corrected chi connectivity index (χ4v) is 4.63. The van der Waals surface area contributed by atoms with Crippen molar-refractivity contribution in [1.29, 1.82) is 0 Å². The molecule has 0 spiro atoms. The minimum absolute atomic E-state index is 0.124. The number of tetrazole rings is 1. The van der Waals surface area contributed by atoms with E-state index in [0.29, 0.717) is 24.5 Å². The summed E-state index contributed by atoms with van der Waals surface area (Å²) in [7, 11) is 1.65. The summed E-state index contributed by atoms with van der Waals surface area (Å²) in [6.07, 6.45) is 2.01. The number of hydrogen-bond acceptors (Lipinski definition) is 6. The van der Waals surface area contributed by atoms with Gasteiger partial charge in [0.25, 0.3) is 5.56 Å². The molecule has 0 saturated heterocycles. The molecule has 0 aliphatic carbocycles. The van der Waals surface area contributed by atoms with Crippen molar-refractivity contribution < 1.29 is 4.74 Å². The molecule has 5 rings (SSSR count). The number of fused-ring (bicyclic) bond motifs is 2. The summed E-state index contributed by atoms with van der Waals surface area (Å²) in [4.78, 5) is 18.8. The number of para-hydroxylation sites is 2. The quantitative estimate of drug-likeness (QED) is 0.506. The van der Waals surface area contributed by atoms with Crippen LogP contribution in [0.3, 0.4) is 0 Å². The van der Waals surface area contributed by atoms with Gasteiger partial charge >= 0.3 is 0 Å². The normalized spacial score (nSPS) is 14.5. The van der Waals surface area contributed by atoms with Crippen molar-refractivity contribution in [3.05, 3.63) is 81.4 Å². The molecule has 1 unspecified atom stereocenters. The molecule has 2 aromatic carbocycles. The number of anilines is 1. The van der Waals surface area contributed by atoms with E-state index >= 15 is 0 Å². The second kappa shape index (κ2) is 8.55. The van der Waals surface area contributed by atoms with Gasteiger partial charge in [-0.15, -0.1) is 5.10 Å². The molecule has 3 heterocycles. The van der Waals surface area contributed by atoms with E-state index in [0.717, 1.165) is 41.5 Å². The number of ether oxygens (including phenoxy) is 1. The van der Waals surface area contributed by atoms with Crippen molar-refractivity contribution in [2.24, 2.45) is 0 Å². The van der Waals surface area contributed by atoms with E-state index in [-0.39, 0.29) is 5.56 Å². The zero-order chi connectivity index (χ0) is 22.1. The molecule has 0 radical (unpaired) electrons. The van der Waals surface area contributed by atoms with Crippen LogP contribution in [0.15, 0.2) is 53.3 Å². The van der Waals surface area contributed by atoms with Crippen molar-refractivity contribution >= 4 is 16.6 Å². The van der Waals surface area contributed by atoms with Gasteiger partial charge in [0.1, 0.15) is 6.04 Å². The van der Waals surface area contributed by atoms with Crippen LogP contribution in [0, 0.1) is 6.92 Å². The van der Waals surface area contributed by atoms with E-state index in [2.05, 4.69) is 43.6 Å². The molecule has 1 N–H and O–H groups in total. The van der Waals surface area contributed by atoms with Crippen LogP contribution in [0.2, 0.25) is 0 Å². The Kier molecular flexibility index (Phi) is 5.45. The van der Waals surface area contributed by atoms with Crippen LogP contribution in [0.5, 0.6) is 0 Å². The number of nitrogens with zero attached hydrogens (tertiary/aromatic N) is 5. The first-order valence-electron chi connectivity index (χ1n) is 10.9. The van der Waals surface area contributed by atoms with Gasteiger partial charge in [-0.3, -0.25) is 4.79 Å². The number of pyridine rings is 1. The molecule has 1 atom stereocenters. The second-order valence-electron chi connectivity index (χ2n) is 8.17. The maximum atomic E-state index is 13.4. The van der Waals surface area contributed by atoms with Gasteiger partial charge in [-0.2, -0.15) is 0 Å². The number of benzene rings is 2. The molecular formula is C24H26N6O2. The number of H-pyrrole nitrogens is 1. The van der Waals surface area contributed by atoms with Gasteiger partial charge in [0.15, 0.2) is 5.82 Å². The largest absolute Gasteiger partial charge is 0.383 e. The minimum Gasteiger partial charge on any atom is -0.383 e. The van der Waals surface area contributed by atoms with Gasteiger partial charge < -0.3 is 14.6 Å². The number of rotatable bonds is 6. The number of hydrogen-bond donors (Lipinski definition) is 1. The monoisotopic (exact) mass is 430 g/mol. The third kappa shape index (κ3) is 3.56. The van der Waals surface area contributed by atoms with Crippen molar-refractivity contribution in [3.8, 4) is 0 Å². The molecular weight excluding hydrogens is 404 g/mol. The summed E-state index contributed by atoms with van der Waals surface area (Å²) >= 11 is 0. The van der Waals surface area contributed by atoms with Crippen LogP contribution in [0.4, 0.5) is 5.69 Å². The van der Waals surface area contributed by atoms with Gasteiger partial charge in [0, 0.05) is 24.9 Å². The molecule has 0 bridgehead atoms. The molecule has 0 saturated carbocycles. The van der Waals surface area contributed by atoms with E-state index in [1.54, 1.807) is 11.8 Å². The summed E-state index contributed by atoms with van der Waals surface area (Å²) in [6.45, 7) is 3.80. The number of aromatic amines is 1. The summed E-state index contributed by atoms with van der Waals surface area (Å²) in [6, 6.07) is 16.0. The first-order chi connectivity index (χ1) is 15.7. The van der Waals surface area contributed by atoms with Crippen LogP contribution in [0.25, 0.3) is 10.9 Å². The highest BCUT2D eigenvalue weighted by molar-refractivity contribution is 5.82. The van der Waals surface area contributed by atoms with Gasteiger partial charge in [-0.05, 0) is 58.8 Å². The molecule has 32 heavy (non-hydrogen) atoms. The van der Waals surface area contributed by atoms with Gasteiger partial charge in [-0.1, -0.05) is 36.4 Å². The molecule has 0 fully saturated rings. The summed E-state index contributed by atoms with van der Waals surface area (Å²) in [5.41, 5.74) is 4.80. The van der Waals surface area contributed by atoms with Crippen LogP contribution in [-0.2, 0) is 17.7 Å². The summed E-state index contributed by atoms with van der Waals surface area (Å²) < 4.78 is 7.00. The number of aromatic nitrogens is 5. The van der Waals surface area contributed by atoms with Gasteiger partial charge in [0.05, 0.1) is 18.7 Å². The highest BCUT2D eigenvalue weighted by atomic mass is 16.5. The Labute approximate surface area is 185 Å². The van der Waals surface area contributed by atoms with Crippen molar-refractivity contribution in [3.63, 3.8) is 0 Å². The lowest BCUT2D eigenvalue weighted by Crippen LogP contribution is -2.38.